The van der Waals surface area contributed by atoms with Crippen molar-refractivity contribution >= 4 is 5.91 Å². The summed E-state index contributed by atoms with van der Waals surface area (Å²) >= 11 is 0. The average molecular weight is 377 g/mol. The summed E-state index contributed by atoms with van der Waals surface area (Å²) in [7, 11) is 3.61. The SMILES string of the molecule is COCC1(C(=O)N2CCO[C@@H](CN3CCCCC3)[C@@H]2c2cnn(C)c2)CC1. The molecule has 150 valence electrons. The molecule has 4 rings (SSSR count). The normalized spacial score (nSPS) is 28.3. The van der Waals surface area contributed by atoms with Crippen LogP contribution in [0.1, 0.15) is 43.7 Å². The van der Waals surface area contributed by atoms with Crippen molar-refractivity contribution in [2.75, 3.05) is 46.5 Å². The third-order valence-corrected chi connectivity index (χ3v) is 6.29. The molecule has 1 aromatic rings. The molecule has 3 fully saturated rings. The van der Waals surface area contributed by atoms with Crippen LogP contribution < -0.4 is 0 Å². The molecule has 0 unspecified atom stereocenters. The van der Waals surface area contributed by atoms with E-state index in [9.17, 15) is 4.79 Å². The lowest BCUT2D eigenvalue weighted by Crippen LogP contribution is -2.54. The Bertz CT molecular complexity index is 651. The Labute approximate surface area is 161 Å². The van der Waals surface area contributed by atoms with Crippen molar-refractivity contribution in [2.24, 2.45) is 12.5 Å². The number of carbonyl (C=O) groups is 1. The lowest BCUT2D eigenvalue weighted by molar-refractivity contribution is -0.156. The maximum atomic E-state index is 13.5. The first-order chi connectivity index (χ1) is 13.1. The van der Waals surface area contributed by atoms with Crippen molar-refractivity contribution in [3.63, 3.8) is 0 Å². The second-order valence-corrected chi connectivity index (χ2v) is 8.37. The van der Waals surface area contributed by atoms with Crippen molar-refractivity contribution in [3.05, 3.63) is 18.0 Å². The maximum absolute atomic E-state index is 13.5. The molecule has 27 heavy (non-hydrogen) atoms. The van der Waals surface area contributed by atoms with Crippen LogP contribution in [0.15, 0.2) is 12.4 Å². The monoisotopic (exact) mass is 376 g/mol. The standard InChI is InChI=1S/C20H32N4O3/c1-22-13-16(12-21-22)18-17(14-23-8-4-3-5-9-23)27-11-10-24(18)19(25)20(6-7-20)15-26-2/h12-13,17-18H,3-11,14-15H2,1-2H3/t17-,18-/m0/s1. The van der Waals surface area contributed by atoms with Crippen LogP contribution in [0.25, 0.3) is 0 Å². The van der Waals surface area contributed by atoms with Gasteiger partial charge >= 0.3 is 0 Å². The minimum atomic E-state index is -0.317. The summed E-state index contributed by atoms with van der Waals surface area (Å²) in [6, 6.07) is -0.0730. The number of methoxy groups -OCH3 is 1. The van der Waals surface area contributed by atoms with Crippen LogP contribution in [0.4, 0.5) is 0 Å². The molecule has 7 nitrogen and oxygen atoms in total. The Kier molecular flexibility index (Phi) is 5.53. The first kappa shape index (κ1) is 18.9. The highest BCUT2D eigenvalue weighted by Gasteiger charge is 2.54. The average Bonchev–Trinajstić information content (AvgIpc) is 3.34. The lowest BCUT2D eigenvalue weighted by atomic mass is 9.96. The van der Waals surface area contributed by atoms with Gasteiger partial charge in [0.15, 0.2) is 0 Å². The maximum Gasteiger partial charge on any atom is 0.231 e. The fraction of sp³-hybridized carbons (Fsp3) is 0.800. The number of carbonyl (C=O) groups excluding carboxylic acids is 1. The topological polar surface area (TPSA) is 59.8 Å². The van der Waals surface area contributed by atoms with Crippen LogP contribution in [0, 0.1) is 5.41 Å². The molecule has 0 radical (unpaired) electrons. The number of nitrogens with zero attached hydrogens (tertiary/aromatic N) is 4. The molecule has 1 amide bonds. The van der Waals surface area contributed by atoms with Gasteiger partial charge in [0.25, 0.3) is 0 Å². The van der Waals surface area contributed by atoms with E-state index < -0.39 is 0 Å². The quantitative estimate of drug-likeness (QED) is 0.755. The van der Waals surface area contributed by atoms with Gasteiger partial charge in [-0.05, 0) is 38.8 Å². The lowest BCUT2D eigenvalue weighted by Gasteiger charge is -2.44. The number of piperidine rings is 1. The fourth-order valence-corrected chi connectivity index (χ4v) is 4.65. The van der Waals surface area contributed by atoms with Crippen LogP contribution in [0.3, 0.4) is 0 Å². The summed E-state index contributed by atoms with van der Waals surface area (Å²) in [5.74, 6) is 0.227. The van der Waals surface area contributed by atoms with E-state index in [1.165, 1.54) is 19.3 Å². The van der Waals surface area contributed by atoms with E-state index in [0.29, 0.717) is 19.8 Å². The summed E-state index contributed by atoms with van der Waals surface area (Å²) in [4.78, 5) is 18.0. The number of amides is 1. The Morgan fingerprint density at radius 3 is 2.70 bits per heavy atom. The van der Waals surface area contributed by atoms with Crippen molar-refractivity contribution in [1.82, 2.24) is 19.6 Å². The molecule has 0 N–H and O–H groups in total. The Balaban J connectivity index is 1.58. The molecular formula is C20H32N4O3. The van der Waals surface area contributed by atoms with E-state index >= 15 is 0 Å². The Morgan fingerprint density at radius 2 is 2.07 bits per heavy atom. The van der Waals surface area contributed by atoms with E-state index in [4.69, 9.17) is 9.47 Å². The van der Waals surface area contributed by atoms with Crippen molar-refractivity contribution in [2.45, 2.75) is 44.2 Å². The van der Waals surface area contributed by atoms with Crippen LogP contribution in [0.2, 0.25) is 0 Å². The van der Waals surface area contributed by atoms with Gasteiger partial charge < -0.3 is 19.3 Å². The zero-order chi connectivity index (χ0) is 18.9. The predicted molar refractivity (Wildman–Crippen MR) is 101 cm³/mol. The third kappa shape index (κ3) is 3.91. The summed E-state index contributed by atoms with van der Waals surface area (Å²) < 4.78 is 13.4. The highest BCUT2D eigenvalue weighted by atomic mass is 16.5. The van der Waals surface area contributed by atoms with Crippen LogP contribution >= 0.6 is 0 Å². The number of morpholine rings is 1. The first-order valence-electron chi connectivity index (χ1n) is 10.3. The minimum Gasteiger partial charge on any atom is -0.384 e. The molecule has 1 aromatic heterocycles. The van der Waals surface area contributed by atoms with Gasteiger partial charge in [-0.3, -0.25) is 9.48 Å². The summed E-state index contributed by atoms with van der Waals surface area (Å²) in [5.41, 5.74) is 0.753. The molecule has 1 saturated carbocycles. The number of ether oxygens (including phenoxy) is 2. The van der Waals surface area contributed by atoms with Gasteiger partial charge in [-0.1, -0.05) is 6.42 Å². The largest absolute Gasteiger partial charge is 0.384 e. The Hall–Kier alpha value is -1.44. The number of hydrogen-bond donors (Lipinski definition) is 0. The molecule has 0 aromatic carbocycles. The molecule has 2 aliphatic heterocycles. The summed E-state index contributed by atoms with van der Waals surface area (Å²) in [6.45, 7) is 4.88. The number of likely N-dealkylation sites (tertiary alicyclic amines) is 1. The van der Waals surface area contributed by atoms with Gasteiger partial charge in [0, 0.05) is 39.0 Å². The van der Waals surface area contributed by atoms with Gasteiger partial charge in [0.2, 0.25) is 5.91 Å². The number of aryl methyl sites for hydroxylation is 1. The number of hydrogen-bond acceptors (Lipinski definition) is 5. The smallest absolute Gasteiger partial charge is 0.231 e. The second-order valence-electron chi connectivity index (χ2n) is 8.37. The summed E-state index contributed by atoms with van der Waals surface area (Å²) in [6.07, 6.45) is 9.58. The molecule has 2 saturated heterocycles. The molecular weight excluding hydrogens is 344 g/mol. The highest BCUT2D eigenvalue weighted by Crippen LogP contribution is 2.49. The van der Waals surface area contributed by atoms with Crippen LogP contribution in [-0.2, 0) is 21.3 Å². The number of rotatable bonds is 6. The second kappa shape index (κ2) is 7.89. The van der Waals surface area contributed by atoms with Gasteiger partial charge in [-0.2, -0.15) is 5.10 Å². The van der Waals surface area contributed by atoms with E-state index in [0.717, 1.165) is 38.0 Å². The number of aromatic nitrogens is 2. The van der Waals surface area contributed by atoms with E-state index in [2.05, 4.69) is 14.9 Å². The van der Waals surface area contributed by atoms with Gasteiger partial charge in [-0.15, -0.1) is 0 Å². The molecule has 2 atom stereocenters. The van der Waals surface area contributed by atoms with Crippen LogP contribution in [-0.4, -0.2) is 78.1 Å². The third-order valence-electron chi connectivity index (χ3n) is 6.29. The van der Waals surface area contributed by atoms with E-state index in [1.807, 2.05) is 24.1 Å². The molecule has 3 aliphatic rings. The zero-order valence-electron chi connectivity index (χ0n) is 16.6. The first-order valence-corrected chi connectivity index (χ1v) is 10.3. The van der Waals surface area contributed by atoms with Gasteiger partial charge in [-0.25, -0.2) is 0 Å². The van der Waals surface area contributed by atoms with Crippen LogP contribution in [0.5, 0.6) is 0 Å². The Morgan fingerprint density at radius 1 is 1.30 bits per heavy atom. The predicted octanol–water partition coefficient (Wildman–Crippen LogP) is 1.60. The minimum absolute atomic E-state index is 0.0108. The van der Waals surface area contributed by atoms with Crippen molar-refractivity contribution in [1.29, 1.82) is 0 Å². The molecule has 7 heteroatoms. The van der Waals surface area contributed by atoms with Gasteiger partial charge in [0.05, 0.1) is 37.0 Å². The fourth-order valence-electron chi connectivity index (χ4n) is 4.65. The molecule has 3 heterocycles. The molecule has 0 spiro atoms. The van der Waals surface area contributed by atoms with Crippen molar-refractivity contribution in [3.8, 4) is 0 Å². The highest BCUT2D eigenvalue weighted by molar-refractivity contribution is 5.86. The van der Waals surface area contributed by atoms with Crippen molar-refractivity contribution < 1.29 is 14.3 Å². The van der Waals surface area contributed by atoms with Gasteiger partial charge in [0.1, 0.15) is 0 Å². The molecule has 0 bridgehead atoms. The van der Waals surface area contributed by atoms with E-state index in [-0.39, 0.29) is 23.5 Å². The summed E-state index contributed by atoms with van der Waals surface area (Å²) in [5, 5.41) is 4.37. The van der Waals surface area contributed by atoms with E-state index in [1.54, 1.807) is 7.11 Å². The molecule has 1 aliphatic carbocycles. The zero-order valence-corrected chi connectivity index (χ0v) is 16.6.